The summed E-state index contributed by atoms with van der Waals surface area (Å²) < 4.78 is 1.63. The van der Waals surface area contributed by atoms with E-state index < -0.39 is 17.9 Å². The monoisotopic (exact) mass is 348 g/mol. The van der Waals surface area contributed by atoms with Gasteiger partial charge < -0.3 is 10.0 Å². The number of aliphatic carboxylic acids is 1. The standard InChI is InChI=1S/C16H17ClN4O3/c1-9-8-10(2)21(19-9)13-6-5-11(17)14(18-13)15(22)20-7-3-4-12(20)16(23)24/h5-6,8,12H,3-4,7H2,1-2H3,(H,23,24)/t12-/m0/s1. The molecular formula is C16H17ClN4O3. The van der Waals surface area contributed by atoms with E-state index in [1.807, 2.05) is 19.9 Å². The first-order valence-electron chi connectivity index (χ1n) is 7.62. The van der Waals surface area contributed by atoms with E-state index in [4.69, 9.17) is 11.6 Å². The predicted molar refractivity (Wildman–Crippen MR) is 87.5 cm³/mol. The van der Waals surface area contributed by atoms with E-state index in [0.717, 1.165) is 11.4 Å². The molecule has 2 aromatic rings. The summed E-state index contributed by atoms with van der Waals surface area (Å²) in [5.74, 6) is -1.00. The Morgan fingerprint density at radius 1 is 1.33 bits per heavy atom. The number of amides is 1. The van der Waals surface area contributed by atoms with Gasteiger partial charge in [0.25, 0.3) is 5.91 Å². The highest BCUT2D eigenvalue weighted by Crippen LogP contribution is 2.24. The Morgan fingerprint density at radius 2 is 2.08 bits per heavy atom. The van der Waals surface area contributed by atoms with E-state index in [-0.39, 0.29) is 10.7 Å². The third kappa shape index (κ3) is 2.87. The third-order valence-corrected chi connectivity index (χ3v) is 4.36. The second-order valence-electron chi connectivity index (χ2n) is 5.83. The van der Waals surface area contributed by atoms with Crippen molar-refractivity contribution in [1.82, 2.24) is 19.7 Å². The summed E-state index contributed by atoms with van der Waals surface area (Å²) in [4.78, 5) is 29.7. The van der Waals surface area contributed by atoms with Crippen LogP contribution in [0.4, 0.5) is 0 Å². The Hall–Kier alpha value is -2.41. The molecule has 0 bridgehead atoms. The Bertz CT molecular complexity index is 818. The molecule has 0 spiro atoms. The van der Waals surface area contributed by atoms with E-state index in [1.165, 1.54) is 4.90 Å². The molecular weight excluding hydrogens is 332 g/mol. The first kappa shape index (κ1) is 16.4. The van der Waals surface area contributed by atoms with Crippen molar-refractivity contribution < 1.29 is 14.7 Å². The van der Waals surface area contributed by atoms with Gasteiger partial charge >= 0.3 is 5.97 Å². The molecule has 3 heterocycles. The molecule has 3 rings (SSSR count). The van der Waals surface area contributed by atoms with Crippen molar-refractivity contribution in [1.29, 1.82) is 0 Å². The maximum atomic E-state index is 12.7. The number of carboxylic acids is 1. The van der Waals surface area contributed by atoms with Crippen LogP contribution >= 0.6 is 11.6 Å². The normalized spacial score (nSPS) is 17.3. The van der Waals surface area contributed by atoms with Crippen molar-refractivity contribution in [3.63, 3.8) is 0 Å². The number of aromatic nitrogens is 3. The lowest BCUT2D eigenvalue weighted by molar-refractivity contribution is -0.141. The number of halogens is 1. The lowest BCUT2D eigenvalue weighted by Gasteiger charge is -2.21. The minimum absolute atomic E-state index is 0.0508. The predicted octanol–water partition coefficient (Wildman–Crippen LogP) is 2.23. The topological polar surface area (TPSA) is 88.3 Å². The van der Waals surface area contributed by atoms with Crippen molar-refractivity contribution >= 4 is 23.5 Å². The van der Waals surface area contributed by atoms with Crippen molar-refractivity contribution in [3.8, 4) is 5.82 Å². The highest BCUT2D eigenvalue weighted by Gasteiger charge is 2.35. The second kappa shape index (κ2) is 6.24. The summed E-state index contributed by atoms with van der Waals surface area (Å²) in [5.41, 5.74) is 1.77. The summed E-state index contributed by atoms with van der Waals surface area (Å²) >= 11 is 6.14. The molecule has 1 amide bonds. The van der Waals surface area contributed by atoms with E-state index in [0.29, 0.717) is 25.2 Å². The molecule has 0 radical (unpaired) electrons. The van der Waals surface area contributed by atoms with Crippen LogP contribution in [-0.2, 0) is 4.79 Å². The summed E-state index contributed by atoms with van der Waals surface area (Å²) in [7, 11) is 0. The van der Waals surface area contributed by atoms with Crippen molar-refractivity contribution in [2.24, 2.45) is 0 Å². The number of nitrogens with zero attached hydrogens (tertiary/aromatic N) is 4. The second-order valence-corrected chi connectivity index (χ2v) is 6.24. The molecule has 0 saturated carbocycles. The van der Waals surface area contributed by atoms with Crippen LogP contribution in [0.15, 0.2) is 18.2 Å². The summed E-state index contributed by atoms with van der Waals surface area (Å²) in [5, 5.41) is 13.8. The molecule has 1 aliphatic rings. The molecule has 0 aliphatic carbocycles. The first-order chi connectivity index (χ1) is 11.4. The van der Waals surface area contributed by atoms with Gasteiger partial charge in [0.2, 0.25) is 0 Å². The number of likely N-dealkylation sites (tertiary alicyclic amines) is 1. The van der Waals surface area contributed by atoms with E-state index in [2.05, 4.69) is 10.1 Å². The van der Waals surface area contributed by atoms with Gasteiger partial charge in [-0.05, 0) is 44.9 Å². The third-order valence-electron chi connectivity index (χ3n) is 4.06. The highest BCUT2D eigenvalue weighted by atomic mass is 35.5. The van der Waals surface area contributed by atoms with Gasteiger partial charge in [0.05, 0.1) is 10.7 Å². The maximum Gasteiger partial charge on any atom is 0.326 e. The number of aryl methyl sites for hydroxylation is 2. The van der Waals surface area contributed by atoms with Crippen LogP contribution in [0.3, 0.4) is 0 Å². The molecule has 1 aliphatic heterocycles. The summed E-state index contributed by atoms with van der Waals surface area (Å²) in [6.45, 7) is 4.14. The van der Waals surface area contributed by atoms with Gasteiger partial charge in [-0.3, -0.25) is 4.79 Å². The van der Waals surface area contributed by atoms with Gasteiger partial charge in [-0.15, -0.1) is 0 Å². The fraction of sp³-hybridized carbons (Fsp3) is 0.375. The molecule has 1 atom stereocenters. The Kier molecular flexibility index (Phi) is 4.28. The van der Waals surface area contributed by atoms with Gasteiger partial charge in [0, 0.05) is 12.2 Å². The molecule has 24 heavy (non-hydrogen) atoms. The van der Waals surface area contributed by atoms with E-state index >= 15 is 0 Å². The fourth-order valence-corrected chi connectivity index (χ4v) is 3.15. The molecule has 1 N–H and O–H groups in total. The Labute approximate surface area is 143 Å². The average molecular weight is 349 g/mol. The van der Waals surface area contributed by atoms with Crippen LogP contribution in [0.5, 0.6) is 0 Å². The Morgan fingerprint density at radius 3 is 2.71 bits per heavy atom. The molecule has 1 saturated heterocycles. The minimum atomic E-state index is -1.01. The van der Waals surface area contributed by atoms with Gasteiger partial charge in [-0.1, -0.05) is 11.6 Å². The van der Waals surface area contributed by atoms with E-state index in [1.54, 1.807) is 16.8 Å². The van der Waals surface area contributed by atoms with Crippen molar-refractivity contribution in [3.05, 3.63) is 40.3 Å². The molecule has 0 aromatic carbocycles. The number of rotatable bonds is 3. The molecule has 8 heteroatoms. The van der Waals surface area contributed by atoms with Gasteiger partial charge in [-0.2, -0.15) is 5.10 Å². The average Bonchev–Trinajstić information content (AvgIpc) is 3.13. The summed E-state index contributed by atoms with van der Waals surface area (Å²) in [6.07, 6.45) is 1.09. The van der Waals surface area contributed by atoms with Gasteiger partial charge in [0.1, 0.15) is 11.7 Å². The van der Waals surface area contributed by atoms with Gasteiger partial charge in [-0.25, -0.2) is 14.5 Å². The molecule has 126 valence electrons. The van der Waals surface area contributed by atoms with Crippen LogP contribution in [0.25, 0.3) is 5.82 Å². The lowest BCUT2D eigenvalue weighted by atomic mass is 10.2. The zero-order chi connectivity index (χ0) is 17.4. The number of carbonyl (C=O) groups is 2. The SMILES string of the molecule is Cc1cc(C)n(-c2ccc(Cl)c(C(=O)N3CCC[C@H]3C(=O)O)n2)n1. The summed E-state index contributed by atoms with van der Waals surface area (Å²) in [6, 6.07) is 4.34. The maximum absolute atomic E-state index is 12.7. The van der Waals surface area contributed by atoms with Crippen LogP contribution < -0.4 is 0 Å². The number of carboxylic acid groups (broad SMARTS) is 1. The van der Waals surface area contributed by atoms with Crippen molar-refractivity contribution in [2.45, 2.75) is 32.7 Å². The minimum Gasteiger partial charge on any atom is -0.480 e. The number of pyridine rings is 1. The zero-order valence-electron chi connectivity index (χ0n) is 13.4. The smallest absolute Gasteiger partial charge is 0.326 e. The van der Waals surface area contributed by atoms with Crippen LogP contribution in [-0.4, -0.2) is 49.2 Å². The van der Waals surface area contributed by atoms with E-state index in [9.17, 15) is 14.7 Å². The van der Waals surface area contributed by atoms with Gasteiger partial charge in [0.15, 0.2) is 5.82 Å². The Balaban J connectivity index is 1.99. The largest absolute Gasteiger partial charge is 0.480 e. The number of hydrogen-bond donors (Lipinski definition) is 1. The lowest BCUT2D eigenvalue weighted by Crippen LogP contribution is -2.41. The fourth-order valence-electron chi connectivity index (χ4n) is 2.96. The van der Waals surface area contributed by atoms with Crippen molar-refractivity contribution in [2.75, 3.05) is 6.54 Å². The molecule has 2 aromatic heterocycles. The zero-order valence-corrected chi connectivity index (χ0v) is 14.1. The first-order valence-corrected chi connectivity index (χ1v) is 8.00. The van der Waals surface area contributed by atoms with Crippen LogP contribution in [0.2, 0.25) is 5.02 Å². The molecule has 0 unspecified atom stereocenters. The number of carbonyl (C=O) groups excluding carboxylic acids is 1. The number of hydrogen-bond acceptors (Lipinski definition) is 4. The van der Waals surface area contributed by atoms with Crippen LogP contribution in [0, 0.1) is 13.8 Å². The quantitative estimate of drug-likeness (QED) is 0.918. The molecule has 1 fully saturated rings. The molecule has 7 nitrogen and oxygen atoms in total. The highest BCUT2D eigenvalue weighted by molar-refractivity contribution is 6.33. The van der Waals surface area contributed by atoms with Crippen LogP contribution in [0.1, 0.15) is 34.7 Å².